The van der Waals surface area contributed by atoms with E-state index >= 15 is 0 Å². The number of ether oxygens (including phenoxy) is 1. The number of nitrogens with zero attached hydrogens (tertiary/aromatic N) is 1. The Hall–Kier alpha value is -1.32. The standard InChI is InChI=1S/C12H21NO3/c1-5-11(14)13(6-2)9-12(15)16-8-7-10(3)4/h5,10H,1,6-9H2,2-4H3. The van der Waals surface area contributed by atoms with E-state index < -0.39 is 0 Å². The topological polar surface area (TPSA) is 46.6 Å². The minimum atomic E-state index is -0.363. The van der Waals surface area contributed by atoms with Crippen molar-refractivity contribution in [1.29, 1.82) is 0 Å². The fraction of sp³-hybridized carbons (Fsp3) is 0.667. The third-order valence-electron chi connectivity index (χ3n) is 2.15. The van der Waals surface area contributed by atoms with Crippen LogP contribution in [0.3, 0.4) is 0 Å². The van der Waals surface area contributed by atoms with Gasteiger partial charge >= 0.3 is 5.97 Å². The van der Waals surface area contributed by atoms with Gasteiger partial charge in [-0.3, -0.25) is 9.59 Å². The largest absolute Gasteiger partial charge is 0.464 e. The summed E-state index contributed by atoms with van der Waals surface area (Å²) in [5, 5.41) is 0. The lowest BCUT2D eigenvalue weighted by Crippen LogP contribution is -2.35. The van der Waals surface area contributed by atoms with Gasteiger partial charge in [-0.15, -0.1) is 0 Å². The van der Waals surface area contributed by atoms with Gasteiger partial charge < -0.3 is 9.64 Å². The quantitative estimate of drug-likeness (QED) is 0.490. The van der Waals surface area contributed by atoms with Crippen molar-refractivity contribution in [3.05, 3.63) is 12.7 Å². The van der Waals surface area contributed by atoms with Crippen molar-refractivity contribution in [3.8, 4) is 0 Å². The molecule has 0 aliphatic heterocycles. The number of likely N-dealkylation sites (N-methyl/N-ethyl adjacent to an activating group) is 1. The SMILES string of the molecule is C=CC(=O)N(CC)CC(=O)OCCC(C)C. The number of hydrogen-bond acceptors (Lipinski definition) is 3. The van der Waals surface area contributed by atoms with E-state index in [-0.39, 0.29) is 18.4 Å². The zero-order valence-electron chi connectivity index (χ0n) is 10.4. The highest BCUT2D eigenvalue weighted by molar-refractivity contribution is 5.89. The zero-order chi connectivity index (χ0) is 12.6. The smallest absolute Gasteiger partial charge is 0.325 e. The summed E-state index contributed by atoms with van der Waals surface area (Å²) in [6.07, 6.45) is 2.04. The minimum Gasteiger partial charge on any atom is -0.464 e. The summed E-state index contributed by atoms with van der Waals surface area (Å²) in [6, 6.07) is 0. The molecule has 16 heavy (non-hydrogen) atoms. The first kappa shape index (κ1) is 14.7. The molecule has 0 atom stereocenters. The molecular formula is C12H21NO3. The van der Waals surface area contributed by atoms with Crippen molar-refractivity contribution < 1.29 is 14.3 Å². The Morgan fingerprint density at radius 2 is 2.06 bits per heavy atom. The maximum atomic E-state index is 11.4. The van der Waals surface area contributed by atoms with Crippen LogP contribution in [-0.2, 0) is 14.3 Å². The van der Waals surface area contributed by atoms with Crippen LogP contribution in [0.25, 0.3) is 0 Å². The summed E-state index contributed by atoms with van der Waals surface area (Å²) in [7, 11) is 0. The molecular weight excluding hydrogens is 206 g/mol. The molecule has 0 rings (SSSR count). The molecule has 92 valence electrons. The number of rotatable bonds is 7. The van der Waals surface area contributed by atoms with Crippen molar-refractivity contribution in [2.75, 3.05) is 19.7 Å². The van der Waals surface area contributed by atoms with Crippen molar-refractivity contribution in [3.63, 3.8) is 0 Å². The molecule has 0 unspecified atom stereocenters. The normalized spacial score (nSPS) is 10.0. The molecule has 0 radical (unpaired) electrons. The summed E-state index contributed by atoms with van der Waals surface area (Å²) >= 11 is 0. The number of amides is 1. The van der Waals surface area contributed by atoms with E-state index in [0.717, 1.165) is 6.42 Å². The van der Waals surface area contributed by atoms with Crippen LogP contribution in [0.2, 0.25) is 0 Å². The van der Waals surface area contributed by atoms with Crippen LogP contribution in [0.4, 0.5) is 0 Å². The average Bonchev–Trinajstić information content (AvgIpc) is 2.24. The number of esters is 1. The van der Waals surface area contributed by atoms with Crippen molar-refractivity contribution in [1.82, 2.24) is 4.90 Å². The Morgan fingerprint density at radius 1 is 1.44 bits per heavy atom. The molecule has 0 N–H and O–H groups in total. The highest BCUT2D eigenvalue weighted by Gasteiger charge is 2.13. The van der Waals surface area contributed by atoms with Gasteiger partial charge in [0.05, 0.1) is 6.61 Å². The second-order valence-corrected chi connectivity index (χ2v) is 3.96. The van der Waals surface area contributed by atoms with Gasteiger partial charge in [0.15, 0.2) is 0 Å². The Morgan fingerprint density at radius 3 is 2.50 bits per heavy atom. The number of hydrogen-bond donors (Lipinski definition) is 0. The van der Waals surface area contributed by atoms with Gasteiger partial charge in [0.25, 0.3) is 0 Å². The maximum Gasteiger partial charge on any atom is 0.325 e. The van der Waals surface area contributed by atoms with Gasteiger partial charge in [0, 0.05) is 6.54 Å². The van der Waals surface area contributed by atoms with E-state index in [1.54, 1.807) is 0 Å². The Balaban J connectivity index is 3.92. The predicted molar refractivity (Wildman–Crippen MR) is 62.9 cm³/mol. The van der Waals surface area contributed by atoms with Crippen molar-refractivity contribution >= 4 is 11.9 Å². The Bertz CT molecular complexity index is 249. The minimum absolute atomic E-state index is 0.000547. The number of carbonyl (C=O) groups is 2. The fourth-order valence-corrected chi connectivity index (χ4v) is 1.08. The van der Waals surface area contributed by atoms with Crippen molar-refractivity contribution in [2.24, 2.45) is 5.92 Å². The van der Waals surface area contributed by atoms with Gasteiger partial charge in [0.1, 0.15) is 6.54 Å². The van der Waals surface area contributed by atoms with Crippen LogP contribution in [0.5, 0.6) is 0 Å². The van der Waals surface area contributed by atoms with E-state index in [0.29, 0.717) is 19.1 Å². The van der Waals surface area contributed by atoms with Crippen LogP contribution >= 0.6 is 0 Å². The Kier molecular flexibility index (Phi) is 7.25. The molecule has 0 aliphatic rings. The summed E-state index contributed by atoms with van der Waals surface area (Å²) < 4.78 is 5.01. The third-order valence-corrected chi connectivity index (χ3v) is 2.15. The average molecular weight is 227 g/mol. The first-order valence-electron chi connectivity index (χ1n) is 5.58. The summed E-state index contributed by atoms with van der Waals surface area (Å²) in [5.41, 5.74) is 0. The van der Waals surface area contributed by atoms with Gasteiger partial charge in [-0.25, -0.2) is 0 Å². The van der Waals surface area contributed by atoms with Crippen LogP contribution in [-0.4, -0.2) is 36.5 Å². The van der Waals surface area contributed by atoms with Gasteiger partial charge in [0.2, 0.25) is 5.91 Å². The summed E-state index contributed by atoms with van der Waals surface area (Å²) in [6.45, 7) is 10.2. The van der Waals surface area contributed by atoms with E-state index in [4.69, 9.17) is 4.74 Å². The molecule has 0 fully saturated rings. The molecule has 0 saturated carbocycles. The fourth-order valence-electron chi connectivity index (χ4n) is 1.08. The molecule has 0 aromatic heterocycles. The van der Waals surface area contributed by atoms with Gasteiger partial charge in [-0.2, -0.15) is 0 Å². The first-order chi connectivity index (χ1) is 7.51. The molecule has 0 aromatic carbocycles. The lowest BCUT2D eigenvalue weighted by molar-refractivity contribution is -0.148. The lowest BCUT2D eigenvalue weighted by Gasteiger charge is -2.17. The van der Waals surface area contributed by atoms with E-state index in [2.05, 4.69) is 20.4 Å². The van der Waals surface area contributed by atoms with E-state index in [1.807, 2.05) is 6.92 Å². The second-order valence-electron chi connectivity index (χ2n) is 3.96. The monoisotopic (exact) mass is 227 g/mol. The third kappa shape index (κ3) is 6.22. The molecule has 4 heteroatoms. The van der Waals surface area contributed by atoms with Crippen molar-refractivity contribution in [2.45, 2.75) is 27.2 Å². The van der Waals surface area contributed by atoms with Crippen LogP contribution in [0.1, 0.15) is 27.2 Å². The van der Waals surface area contributed by atoms with Crippen LogP contribution < -0.4 is 0 Å². The van der Waals surface area contributed by atoms with Crippen LogP contribution in [0, 0.1) is 5.92 Å². The molecule has 0 aromatic rings. The van der Waals surface area contributed by atoms with E-state index in [1.165, 1.54) is 11.0 Å². The lowest BCUT2D eigenvalue weighted by atomic mass is 10.1. The van der Waals surface area contributed by atoms with Gasteiger partial charge in [-0.05, 0) is 25.3 Å². The molecule has 4 nitrogen and oxygen atoms in total. The Labute approximate surface area is 97.3 Å². The van der Waals surface area contributed by atoms with Gasteiger partial charge in [-0.1, -0.05) is 20.4 Å². The maximum absolute atomic E-state index is 11.4. The molecule has 0 bridgehead atoms. The molecule has 0 spiro atoms. The number of carbonyl (C=O) groups excluding carboxylic acids is 2. The summed E-state index contributed by atoms with van der Waals surface area (Å²) in [5.74, 6) is -0.106. The molecule has 1 amide bonds. The first-order valence-corrected chi connectivity index (χ1v) is 5.58. The second kappa shape index (κ2) is 7.91. The zero-order valence-corrected chi connectivity index (χ0v) is 10.4. The highest BCUT2D eigenvalue weighted by atomic mass is 16.5. The summed E-state index contributed by atoms with van der Waals surface area (Å²) in [4.78, 5) is 24.0. The molecule has 0 heterocycles. The molecule has 0 aliphatic carbocycles. The molecule has 0 saturated heterocycles. The highest BCUT2D eigenvalue weighted by Crippen LogP contribution is 2.00. The van der Waals surface area contributed by atoms with E-state index in [9.17, 15) is 9.59 Å². The predicted octanol–water partition coefficient (Wildman–Crippen LogP) is 1.61. The van der Waals surface area contributed by atoms with Crippen LogP contribution in [0.15, 0.2) is 12.7 Å².